The molecule has 1 aromatic carbocycles. The predicted molar refractivity (Wildman–Crippen MR) is 61.7 cm³/mol. The van der Waals surface area contributed by atoms with Gasteiger partial charge < -0.3 is 0 Å². The molecule has 0 aliphatic heterocycles. The fourth-order valence-corrected chi connectivity index (χ4v) is 1.09. The molecule has 0 radical (unpaired) electrons. The van der Waals surface area contributed by atoms with Crippen LogP contribution in [0.25, 0.3) is 0 Å². The van der Waals surface area contributed by atoms with Crippen LogP contribution in [0.3, 0.4) is 0 Å². The van der Waals surface area contributed by atoms with E-state index in [0.717, 1.165) is 5.56 Å². The van der Waals surface area contributed by atoms with E-state index < -0.39 is 5.60 Å². The van der Waals surface area contributed by atoms with Crippen molar-refractivity contribution in [2.75, 3.05) is 0 Å². The molecule has 0 unspecified atom stereocenters. The molecule has 0 aliphatic carbocycles. The third-order valence-electron chi connectivity index (χ3n) is 2.18. The van der Waals surface area contributed by atoms with Gasteiger partial charge in [-0.25, -0.2) is 9.88 Å². The molecule has 1 aromatic rings. The molecule has 0 aromatic heterocycles. The summed E-state index contributed by atoms with van der Waals surface area (Å²) in [5.41, 5.74) is 0.806. The van der Waals surface area contributed by atoms with E-state index in [1.807, 2.05) is 25.1 Å². The Hall–Kier alpha value is -1.70. The summed E-state index contributed by atoms with van der Waals surface area (Å²) in [5, 5.41) is 17.6. The summed E-state index contributed by atoms with van der Waals surface area (Å²) in [6.07, 6.45) is 0. The summed E-state index contributed by atoms with van der Waals surface area (Å²) in [5.74, 6) is 0. The smallest absolute Gasteiger partial charge is 0.152 e. The lowest BCUT2D eigenvalue weighted by Gasteiger charge is -2.17. The summed E-state index contributed by atoms with van der Waals surface area (Å²) < 4.78 is 0. The standard InChI is InChI=1S/C12H14N2O2/c1-9-4-6-10(7-5-9)14-11(8-13)12(2,3)16-15/h4-7,15H,1-3H3. The minimum Gasteiger partial charge on any atom is -0.251 e. The first-order valence-electron chi connectivity index (χ1n) is 4.88. The van der Waals surface area contributed by atoms with Crippen LogP contribution in [0.2, 0.25) is 0 Å². The zero-order valence-corrected chi connectivity index (χ0v) is 9.56. The quantitative estimate of drug-likeness (QED) is 0.482. The highest BCUT2D eigenvalue weighted by Crippen LogP contribution is 2.17. The van der Waals surface area contributed by atoms with E-state index in [9.17, 15) is 0 Å². The highest BCUT2D eigenvalue weighted by atomic mass is 17.1. The molecule has 0 bridgehead atoms. The van der Waals surface area contributed by atoms with Gasteiger partial charge in [-0.3, -0.25) is 5.26 Å². The molecule has 0 fully saturated rings. The van der Waals surface area contributed by atoms with Gasteiger partial charge in [-0.2, -0.15) is 5.26 Å². The van der Waals surface area contributed by atoms with Crippen molar-refractivity contribution >= 4 is 11.4 Å². The molecule has 1 N–H and O–H groups in total. The first-order valence-corrected chi connectivity index (χ1v) is 4.88. The van der Waals surface area contributed by atoms with Crippen LogP contribution in [0, 0.1) is 18.3 Å². The van der Waals surface area contributed by atoms with E-state index >= 15 is 0 Å². The van der Waals surface area contributed by atoms with Crippen molar-refractivity contribution in [3.63, 3.8) is 0 Å². The molecule has 0 saturated carbocycles. The summed E-state index contributed by atoms with van der Waals surface area (Å²) in [7, 11) is 0. The fourth-order valence-electron chi connectivity index (χ4n) is 1.09. The Labute approximate surface area is 94.7 Å². The third-order valence-corrected chi connectivity index (χ3v) is 2.18. The van der Waals surface area contributed by atoms with Crippen molar-refractivity contribution in [1.29, 1.82) is 5.26 Å². The highest BCUT2D eigenvalue weighted by Gasteiger charge is 2.26. The molecule has 0 atom stereocenters. The lowest BCUT2D eigenvalue weighted by atomic mass is 10.0. The Morgan fingerprint density at radius 3 is 2.38 bits per heavy atom. The van der Waals surface area contributed by atoms with Crippen molar-refractivity contribution in [2.45, 2.75) is 26.4 Å². The maximum atomic E-state index is 8.94. The monoisotopic (exact) mass is 218 g/mol. The summed E-state index contributed by atoms with van der Waals surface area (Å²) in [4.78, 5) is 8.36. The minimum atomic E-state index is -1.10. The van der Waals surface area contributed by atoms with Crippen LogP contribution < -0.4 is 0 Å². The summed E-state index contributed by atoms with van der Waals surface area (Å²) in [6.45, 7) is 5.12. The maximum absolute atomic E-state index is 8.94. The van der Waals surface area contributed by atoms with Crippen LogP contribution in [0.1, 0.15) is 19.4 Å². The molecule has 84 valence electrons. The number of nitrogens with zero attached hydrogens (tertiary/aromatic N) is 2. The Balaban J connectivity index is 3.07. The molecule has 4 heteroatoms. The molecular weight excluding hydrogens is 204 g/mol. The molecule has 0 spiro atoms. The lowest BCUT2D eigenvalue weighted by Crippen LogP contribution is -2.32. The van der Waals surface area contributed by atoms with Gasteiger partial charge in [0.1, 0.15) is 11.7 Å². The zero-order chi connectivity index (χ0) is 12.2. The number of nitriles is 1. The third kappa shape index (κ3) is 2.89. The average Bonchev–Trinajstić information content (AvgIpc) is 2.28. The van der Waals surface area contributed by atoms with Crippen LogP contribution in [-0.2, 0) is 4.89 Å². The topological polar surface area (TPSA) is 65.6 Å². The highest BCUT2D eigenvalue weighted by molar-refractivity contribution is 6.05. The van der Waals surface area contributed by atoms with Crippen molar-refractivity contribution in [1.82, 2.24) is 0 Å². The van der Waals surface area contributed by atoms with Gasteiger partial charge in [-0.15, -0.1) is 0 Å². The Morgan fingerprint density at radius 1 is 1.38 bits per heavy atom. The molecule has 0 aliphatic rings. The van der Waals surface area contributed by atoms with Crippen molar-refractivity contribution in [3.05, 3.63) is 29.8 Å². The van der Waals surface area contributed by atoms with Gasteiger partial charge in [-0.1, -0.05) is 17.7 Å². The van der Waals surface area contributed by atoms with Gasteiger partial charge in [0.15, 0.2) is 5.71 Å². The van der Waals surface area contributed by atoms with Crippen LogP contribution >= 0.6 is 0 Å². The summed E-state index contributed by atoms with van der Waals surface area (Å²) >= 11 is 0. The fraction of sp³-hybridized carbons (Fsp3) is 0.333. The van der Waals surface area contributed by atoms with Gasteiger partial charge in [0, 0.05) is 0 Å². The first kappa shape index (κ1) is 12.4. The van der Waals surface area contributed by atoms with E-state index in [0.29, 0.717) is 5.69 Å². The van der Waals surface area contributed by atoms with E-state index in [1.54, 1.807) is 26.0 Å². The van der Waals surface area contributed by atoms with Gasteiger partial charge >= 0.3 is 0 Å². The normalized spacial score (nSPS) is 12.3. The Bertz CT molecular complexity index is 427. The average molecular weight is 218 g/mol. The second kappa shape index (κ2) is 4.88. The Morgan fingerprint density at radius 2 is 1.94 bits per heavy atom. The number of hydrogen-bond acceptors (Lipinski definition) is 4. The molecule has 4 nitrogen and oxygen atoms in total. The molecule has 1 rings (SSSR count). The summed E-state index contributed by atoms with van der Waals surface area (Å²) in [6, 6.07) is 9.34. The SMILES string of the molecule is Cc1ccc(N=C(C#N)C(C)(C)OO)cc1. The Kier molecular flexibility index (Phi) is 3.78. The van der Waals surface area contributed by atoms with Crippen LogP contribution in [0.4, 0.5) is 5.69 Å². The van der Waals surface area contributed by atoms with E-state index in [1.165, 1.54) is 0 Å². The lowest BCUT2D eigenvalue weighted by molar-refractivity contribution is -0.289. The number of rotatable bonds is 3. The number of benzene rings is 1. The van der Waals surface area contributed by atoms with E-state index in [2.05, 4.69) is 9.88 Å². The number of hydrogen-bond donors (Lipinski definition) is 1. The van der Waals surface area contributed by atoms with Gasteiger partial charge in [0.25, 0.3) is 0 Å². The molecule has 0 amide bonds. The largest absolute Gasteiger partial charge is 0.251 e. The van der Waals surface area contributed by atoms with Gasteiger partial charge in [0.2, 0.25) is 0 Å². The maximum Gasteiger partial charge on any atom is 0.152 e. The zero-order valence-electron chi connectivity index (χ0n) is 9.56. The van der Waals surface area contributed by atoms with Crippen molar-refractivity contribution in [2.24, 2.45) is 4.99 Å². The van der Waals surface area contributed by atoms with Crippen molar-refractivity contribution in [3.8, 4) is 6.07 Å². The minimum absolute atomic E-state index is 0.124. The predicted octanol–water partition coefficient (Wildman–Crippen LogP) is 2.86. The van der Waals surface area contributed by atoms with Crippen LogP contribution in [-0.4, -0.2) is 16.6 Å². The second-order valence-corrected chi connectivity index (χ2v) is 4.01. The molecule has 0 saturated heterocycles. The van der Waals surface area contributed by atoms with E-state index in [4.69, 9.17) is 10.5 Å². The van der Waals surface area contributed by atoms with Gasteiger partial charge in [-0.05, 0) is 32.9 Å². The molecular formula is C12H14N2O2. The second-order valence-electron chi connectivity index (χ2n) is 4.01. The number of aryl methyl sites for hydroxylation is 1. The molecule has 0 heterocycles. The van der Waals surface area contributed by atoms with Crippen LogP contribution in [0.15, 0.2) is 29.3 Å². The molecule has 16 heavy (non-hydrogen) atoms. The van der Waals surface area contributed by atoms with E-state index in [-0.39, 0.29) is 5.71 Å². The first-order chi connectivity index (χ1) is 7.49. The van der Waals surface area contributed by atoms with Crippen LogP contribution in [0.5, 0.6) is 0 Å². The van der Waals surface area contributed by atoms with Gasteiger partial charge in [0.05, 0.1) is 5.69 Å². The number of aliphatic imine (C=N–C) groups is 1. The van der Waals surface area contributed by atoms with Crippen molar-refractivity contribution < 1.29 is 10.1 Å².